The van der Waals surface area contributed by atoms with Crippen molar-refractivity contribution in [3.05, 3.63) is 21.4 Å². The summed E-state index contributed by atoms with van der Waals surface area (Å²) in [5, 5.41) is 3.70. The van der Waals surface area contributed by atoms with E-state index >= 15 is 0 Å². The molecule has 1 aliphatic heterocycles. The lowest BCUT2D eigenvalue weighted by Gasteiger charge is -2.30. The Morgan fingerprint density at radius 1 is 1.08 bits per heavy atom. The van der Waals surface area contributed by atoms with E-state index in [2.05, 4.69) is 10.7 Å². The number of aryl methyl sites for hydroxylation is 2. The summed E-state index contributed by atoms with van der Waals surface area (Å²) in [4.78, 5) is 39.4. The number of carbonyl (C=O) groups excluding carboxylic acids is 3. The second-order valence-electron chi connectivity index (χ2n) is 7.27. The monoisotopic (exact) mass is 361 g/mol. The summed E-state index contributed by atoms with van der Waals surface area (Å²) >= 11 is 1.49. The molecule has 1 aromatic rings. The Labute approximate surface area is 150 Å². The topological polar surface area (TPSA) is 78.5 Å². The first-order valence-corrected chi connectivity index (χ1v) is 10.00. The van der Waals surface area contributed by atoms with Crippen molar-refractivity contribution < 1.29 is 14.4 Å². The number of hydrogen-bond donors (Lipinski definition) is 2. The van der Waals surface area contributed by atoms with Gasteiger partial charge < -0.3 is 5.32 Å². The van der Waals surface area contributed by atoms with E-state index < -0.39 is 11.6 Å². The minimum atomic E-state index is -0.810. The summed E-state index contributed by atoms with van der Waals surface area (Å²) < 4.78 is 0. The zero-order chi connectivity index (χ0) is 17.4. The number of hydrogen-bond acceptors (Lipinski definition) is 4. The molecule has 2 N–H and O–H groups in total. The zero-order valence-corrected chi connectivity index (χ0v) is 15.0. The third-order valence-corrected chi connectivity index (χ3v) is 6.79. The third-order valence-electron chi connectivity index (χ3n) is 5.55. The molecule has 6 nitrogen and oxygen atoms in total. The highest BCUT2D eigenvalue weighted by Crippen LogP contribution is 2.33. The van der Waals surface area contributed by atoms with Crippen molar-refractivity contribution in [3.8, 4) is 0 Å². The van der Waals surface area contributed by atoms with Crippen LogP contribution >= 0.6 is 11.3 Å². The van der Waals surface area contributed by atoms with Crippen LogP contribution < -0.4 is 10.7 Å². The maximum atomic E-state index is 12.7. The first kappa shape index (κ1) is 16.6. The summed E-state index contributed by atoms with van der Waals surface area (Å²) in [7, 11) is 0. The minimum Gasteiger partial charge on any atom is -0.322 e. The highest BCUT2D eigenvalue weighted by Gasteiger charge is 2.52. The fraction of sp³-hybridized carbons (Fsp3) is 0.611. The number of thiophene rings is 1. The van der Waals surface area contributed by atoms with Gasteiger partial charge in [0.15, 0.2) is 0 Å². The van der Waals surface area contributed by atoms with Crippen molar-refractivity contribution >= 4 is 29.2 Å². The van der Waals surface area contributed by atoms with Gasteiger partial charge in [-0.3, -0.25) is 15.0 Å². The molecular weight excluding hydrogens is 338 g/mol. The Bertz CT molecular complexity index is 698. The summed E-state index contributed by atoms with van der Waals surface area (Å²) in [5.74, 6) is -0.682. The van der Waals surface area contributed by atoms with Crippen LogP contribution in [0.15, 0.2) is 6.07 Å². The van der Waals surface area contributed by atoms with E-state index in [4.69, 9.17) is 0 Å². The van der Waals surface area contributed by atoms with Gasteiger partial charge >= 0.3 is 6.03 Å². The smallest absolute Gasteiger partial charge is 0.322 e. The molecule has 0 unspecified atom stereocenters. The van der Waals surface area contributed by atoms with E-state index in [0.717, 1.165) is 50.0 Å². The van der Waals surface area contributed by atoms with E-state index in [1.165, 1.54) is 28.2 Å². The highest BCUT2D eigenvalue weighted by molar-refractivity contribution is 7.14. The predicted molar refractivity (Wildman–Crippen MR) is 94.2 cm³/mol. The van der Waals surface area contributed by atoms with Gasteiger partial charge in [-0.2, -0.15) is 5.01 Å². The second kappa shape index (κ2) is 6.44. The van der Waals surface area contributed by atoms with Gasteiger partial charge in [0.25, 0.3) is 11.8 Å². The summed E-state index contributed by atoms with van der Waals surface area (Å²) in [5.41, 5.74) is 2.97. The van der Waals surface area contributed by atoms with E-state index in [1.807, 2.05) is 6.07 Å². The maximum Gasteiger partial charge on any atom is 0.344 e. The van der Waals surface area contributed by atoms with Crippen LogP contribution in [0.25, 0.3) is 0 Å². The predicted octanol–water partition coefficient (Wildman–Crippen LogP) is 2.92. The van der Waals surface area contributed by atoms with Crippen molar-refractivity contribution in [1.29, 1.82) is 0 Å². The number of nitrogens with one attached hydrogen (secondary N) is 2. The Morgan fingerprint density at radius 2 is 1.80 bits per heavy atom. The van der Waals surface area contributed by atoms with E-state index in [9.17, 15) is 14.4 Å². The summed E-state index contributed by atoms with van der Waals surface area (Å²) in [6, 6.07) is 1.41. The molecule has 0 atom stereocenters. The van der Waals surface area contributed by atoms with Gasteiger partial charge in [-0.25, -0.2) is 4.79 Å². The Kier molecular flexibility index (Phi) is 4.27. The van der Waals surface area contributed by atoms with Gasteiger partial charge in [0.2, 0.25) is 0 Å². The van der Waals surface area contributed by atoms with Crippen molar-refractivity contribution in [2.45, 2.75) is 69.7 Å². The summed E-state index contributed by atoms with van der Waals surface area (Å²) in [6.07, 6.45) is 9.78. The van der Waals surface area contributed by atoms with Crippen LogP contribution in [-0.4, -0.2) is 28.4 Å². The average molecular weight is 361 g/mol. The van der Waals surface area contributed by atoms with Crippen LogP contribution in [0.2, 0.25) is 0 Å². The first-order valence-electron chi connectivity index (χ1n) is 9.18. The lowest BCUT2D eigenvalue weighted by Crippen LogP contribution is -2.50. The van der Waals surface area contributed by atoms with Gasteiger partial charge in [-0.15, -0.1) is 11.3 Å². The van der Waals surface area contributed by atoms with Crippen molar-refractivity contribution in [3.63, 3.8) is 0 Å². The van der Waals surface area contributed by atoms with E-state index in [0.29, 0.717) is 17.7 Å². The number of imide groups is 1. The molecule has 25 heavy (non-hydrogen) atoms. The number of amides is 4. The van der Waals surface area contributed by atoms with Gasteiger partial charge in [0.1, 0.15) is 5.54 Å². The van der Waals surface area contributed by atoms with Crippen LogP contribution in [0.3, 0.4) is 0 Å². The first-order chi connectivity index (χ1) is 12.1. The molecule has 3 aliphatic rings. The fourth-order valence-corrected chi connectivity index (χ4v) is 5.30. The Hall–Kier alpha value is -1.89. The number of nitrogens with zero attached hydrogens (tertiary/aromatic N) is 1. The number of hydrazine groups is 1. The molecule has 1 spiro atoms. The highest BCUT2D eigenvalue weighted by atomic mass is 32.1. The Balaban J connectivity index is 1.49. The Morgan fingerprint density at radius 3 is 2.60 bits per heavy atom. The van der Waals surface area contributed by atoms with Crippen LogP contribution in [0.4, 0.5) is 4.79 Å². The van der Waals surface area contributed by atoms with Crippen molar-refractivity contribution in [1.82, 2.24) is 15.8 Å². The largest absolute Gasteiger partial charge is 0.344 e. The molecule has 0 radical (unpaired) electrons. The molecule has 2 heterocycles. The molecule has 4 rings (SSSR count). The van der Waals surface area contributed by atoms with Gasteiger partial charge in [0.05, 0.1) is 4.88 Å². The second-order valence-corrected chi connectivity index (χ2v) is 8.41. The molecule has 2 aliphatic carbocycles. The van der Waals surface area contributed by atoms with Gasteiger partial charge in [-0.05, 0) is 50.2 Å². The normalized spacial score (nSPS) is 22.5. The lowest BCUT2D eigenvalue weighted by molar-refractivity contribution is -0.134. The van der Waals surface area contributed by atoms with Crippen LogP contribution in [0, 0.1) is 0 Å². The molecule has 134 valence electrons. The molecule has 7 heteroatoms. The maximum absolute atomic E-state index is 12.7. The number of fused-ring (bicyclic) bond motifs is 1. The third kappa shape index (κ3) is 2.94. The molecule has 0 aromatic carbocycles. The van der Waals surface area contributed by atoms with Gasteiger partial charge in [0, 0.05) is 4.88 Å². The average Bonchev–Trinajstić information content (AvgIpc) is 3.01. The van der Waals surface area contributed by atoms with Crippen molar-refractivity contribution in [2.75, 3.05) is 0 Å². The lowest BCUT2D eigenvalue weighted by atomic mass is 9.82. The van der Waals surface area contributed by atoms with Crippen LogP contribution in [0.1, 0.15) is 71.5 Å². The van der Waals surface area contributed by atoms with E-state index in [1.54, 1.807) is 0 Å². The SMILES string of the molecule is O=C(NN1C(=O)NC2(CCCCC2)C1=O)c1cc2c(s1)CCCCC2. The van der Waals surface area contributed by atoms with Crippen LogP contribution in [0.5, 0.6) is 0 Å². The molecule has 4 amide bonds. The number of urea groups is 1. The molecule has 0 bridgehead atoms. The molecule has 1 saturated heterocycles. The van der Waals surface area contributed by atoms with Crippen LogP contribution in [-0.2, 0) is 17.6 Å². The number of carbonyl (C=O) groups is 3. The summed E-state index contributed by atoms with van der Waals surface area (Å²) in [6.45, 7) is 0. The molecule has 1 aromatic heterocycles. The molecule has 1 saturated carbocycles. The number of rotatable bonds is 2. The molecular formula is C18H23N3O3S. The quantitative estimate of drug-likeness (QED) is 0.628. The minimum absolute atomic E-state index is 0.316. The standard InChI is InChI=1S/C18H23N3O3S/c22-15(14-11-12-7-3-1-4-8-13(12)25-14)20-21-16(23)18(19-17(21)24)9-5-2-6-10-18/h11H,1-10H2,(H,19,24)(H,20,22). The zero-order valence-electron chi connectivity index (χ0n) is 14.2. The molecule has 2 fully saturated rings. The van der Waals surface area contributed by atoms with E-state index in [-0.39, 0.29) is 11.8 Å². The van der Waals surface area contributed by atoms with Crippen molar-refractivity contribution in [2.24, 2.45) is 0 Å². The van der Waals surface area contributed by atoms with Gasteiger partial charge in [-0.1, -0.05) is 25.7 Å². The fourth-order valence-electron chi connectivity index (χ4n) is 4.15.